The van der Waals surface area contributed by atoms with E-state index < -0.39 is 12.1 Å². The van der Waals surface area contributed by atoms with Gasteiger partial charge in [0.05, 0.1) is 25.0 Å². The number of alkyl carbamates (subject to hydrolysis) is 1. The van der Waals surface area contributed by atoms with Gasteiger partial charge in [-0.15, -0.1) is 0 Å². The molecular weight excluding hydrogens is 394 g/mol. The van der Waals surface area contributed by atoms with E-state index in [1.165, 1.54) is 0 Å². The van der Waals surface area contributed by atoms with E-state index in [4.69, 9.17) is 9.47 Å². The molecule has 1 aliphatic rings. The summed E-state index contributed by atoms with van der Waals surface area (Å²) in [5.74, 6) is 0.297. The number of benzene rings is 3. The molecule has 1 heterocycles. The number of nitrogens with zero attached hydrogens (tertiary/aromatic N) is 1. The molecule has 0 radical (unpaired) electrons. The highest BCUT2D eigenvalue weighted by Gasteiger charge is 2.30. The fraction of sp³-hybridized carbons (Fsp3) is 0.167. The lowest BCUT2D eigenvalue weighted by Gasteiger charge is -2.27. The summed E-state index contributed by atoms with van der Waals surface area (Å²) in [7, 11) is 1.57. The van der Waals surface area contributed by atoms with Crippen LogP contribution in [0.5, 0.6) is 5.75 Å². The summed E-state index contributed by atoms with van der Waals surface area (Å²) in [6.07, 6.45) is -0.652. The number of fused-ring (bicyclic) bond motifs is 1. The molecule has 2 amide bonds. The number of methoxy groups -OCH3 is 1. The molecule has 0 saturated carbocycles. The first-order valence-corrected chi connectivity index (χ1v) is 9.93. The number of para-hydroxylation sites is 1. The lowest BCUT2D eigenvalue weighted by atomic mass is 10.2. The number of hydrogen-bond acceptors (Lipinski definition) is 5. The monoisotopic (exact) mass is 417 g/mol. The van der Waals surface area contributed by atoms with Gasteiger partial charge in [0.15, 0.2) is 0 Å². The van der Waals surface area contributed by atoms with Crippen LogP contribution in [0.2, 0.25) is 0 Å². The predicted octanol–water partition coefficient (Wildman–Crippen LogP) is 4.08. The second-order valence-electron chi connectivity index (χ2n) is 7.08. The first-order valence-electron chi connectivity index (χ1n) is 9.93. The molecule has 0 fully saturated rings. The van der Waals surface area contributed by atoms with E-state index in [0.717, 1.165) is 16.9 Å². The Labute approximate surface area is 180 Å². The van der Waals surface area contributed by atoms with E-state index in [0.29, 0.717) is 11.4 Å². The van der Waals surface area contributed by atoms with Crippen molar-refractivity contribution in [1.82, 2.24) is 5.32 Å². The Morgan fingerprint density at radius 2 is 1.77 bits per heavy atom. The van der Waals surface area contributed by atoms with Gasteiger partial charge in [0, 0.05) is 11.8 Å². The van der Waals surface area contributed by atoms with Gasteiger partial charge >= 0.3 is 6.09 Å². The molecule has 0 saturated heterocycles. The number of anilines is 3. The van der Waals surface area contributed by atoms with Crippen molar-refractivity contribution in [3.63, 3.8) is 0 Å². The SMILES string of the molecule is COc1ccc2c(c1)NC(=O)C(NC(=O)OCc1ccccc1)CN2c1ccccc1. The quantitative estimate of drug-likeness (QED) is 0.654. The third-order valence-corrected chi connectivity index (χ3v) is 5.01. The lowest BCUT2D eigenvalue weighted by Crippen LogP contribution is -2.48. The highest BCUT2D eigenvalue weighted by Crippen LogP contribution is 2.36. The summed E-state index contributed by atoms with van der Waals surface area (Å²) in [6, 6.07) is 23.7. The summed E-state index contributed by atoms with van der Waals surface area (Å²) in [4.78, 5) is 27.3. The maximum absolute atomic E-state index is 12.9. The van der Waals surface area contributed by atoms with E-state index in [1.54, 1.807) is 13.2 Å². The Morgan fingerprint density at radius 3 is 2.48 bits per heavy atom. The van der Waals surface area contributed by atoms with E-state index >= 15 is 0 Å². The van der Waals surface area contributed by atoms with Crippen LogP contribution in [0.15, 0.2) is 78.9 Å². The summed E-state index contributed by atoms with van der Waals surface area (Å²) < 4.78 is 10.6. The van der Waals surface area contributed by atoms with Crippen LogP contribution in [0.4, 0.5) is 21.9 Å². The molecule has 0 bridgehead atoms. The van der Waals surface area contributed by atoms with Crippen LogP contribution in [-0.2, 0) is 16.1 Å². The van der Waals surface area contributed by atoms with Crippen molar-refractivity contribution in [1.29, 1.82) is 0 Å². The smallest absolute Gasteiger partial charge is 0.408 e. The van der Waals surface area contributed by atoms with Crippen molar-refractivity contribution in [2.45, 2.75) is 12.6 Å². The second-order valence-corrected chi connectivity index (χ2v) is 7.08. The molecule has 31 heavy (non-hydrogen) atoms. The number of carbonyl (C=O) groups is 2. The zero-order valence-electron chi connectivity index (χ0n) is 17.1. The Bertz CT molecular complexity index is 1060. The third-order valence-electron chi connectivity index (χ3n) is 5.01. The predicted molar refractivity (Wildman–Crippen MR) is 119 cm³/mol. The molecule has 1 unspecified atom stereocenters. The van der Waals surface area contributed by atoms with Gasteiger partial charge in [-0.05, 0) is 29.8 Å². The first kappa shape index (κ1) is 20.3. The number of carbonyl (C=O) groups excluding carboxylic acids is 2. The van der Waals surface area contributed by atoms with Gasteiger partial charge in [-0.1, -0.05) is 48.5 Å². The fourth-order valence-corrected chi connectivity index (χ4v) is 3.43. The second kappa shape index (κ2) is 9.21. The molecule has 7 nitrogen and oxygen atoms in total. The van der Waals surface area contributed by atoms with E-state index in [9.17, 15) is 9.59 Å². The van der Waals surface area contributed by atoms with Gasteiger partial charge in [-0.25, -0.2) is 4.79 Å². The average Bonchev–Trinajstić information content (AvgIpc) is 2.94. The highest BCUT2D eigenvalue weighted by atomic mass is 16.5. The largest absolute Gasteiger partial charge is 0.497 e. The van der Waals surface area contributed by atoms with Crippen LogP contribution < -0.4 is 20.3 Å². The number of amides is 2. The molecule has 1 aliphatic heterocycles. The number of rotatable bonds is 5. The Balaban J connectivity index is 1.55. The van der Waals surface area contributed by atoms with Crippen LogP contribution in [0.25, 0.3) is 0 Å². The van der Waals surface area contributed by atoms with Gasteiger partial charge in [0.1, 0.15) is 18.4 Å². The summed E-state index contributed by atoms with van der Waals surface area (Å²) in [6.45, 7) is 0.371. The average molecular weight is 417 g/mol. The van der Waals surface area contributed by atoms with Crippen LogP contribution in [0.3, 0.4) is 0 Å². The molecule has 0 spiro atoms. The molecule has 2 N–H and O–H groups in total. The third kappa shape index (κ3) is 4.78. The van der Waals surface area contributed by atoms with Gasteiger partial charge in [0.2, 0.25) is 5.91 Å². The van der Waals surface area contributed by atoms with Gasteiger partial charge in [-0.2, -0.15) is 0 Å². The number of nitrogens with one attached hydrogen (secondary N) is 2. The molecule has 3 aromatic carbocycles. The van der Waals surface area contributed by atoms with E-state index in [2.05, 4.69) is 10.6 Å². The van der Waals surface area contributed by atoms with E-state index in [1.807, 2.05) is 77.7 Å². The molecule has 1 atom stereocenters. The summed E-state index contributed by atoms with van der Waals surface area (Å²) in [5, 5.41) is 5.59. The first-order chi connectivity index (χ1) is 15.1. The minimum absolute atomic E-state index is 0.126. The van der Waals surface area contributed by atoms with Crippen molar-refractivity contribution in [3.05, 3.63) is 84.4 Å². The lowest BCUT2D eigenvalue weighted by molar-refractivity contribution is -0.117. The maximum atomic E-state index is 12.9. The Morgan fingerprint density at radius 1 is 1.06 bits per heavy atom. The van der Waals surface area contributed by atoms with Crippen LogP contribution >= 0.6 is 0 Å². The van der Waals surface area contributed by atoms with Crippen molar-refractivity contribution < 1.29 is 19.1 Å². The zero-order valence-corrected chi connectivity index (χ0v) is 17.1. The van der Waals surface area contributed by atoms with E-state index in [-0.39, 0.29) is 19.1 Å². The van der Waals surface area contributed by atoms with Crippen molar-refractivity contribution in [3.8, 4) is 5.75 Å². The van der Waals surface area contributed by atoms with Crippen LogP contribution in [0, 0.1) is 0 Å². The number of hydrogen-bond donors (Lipinski definition) is 2. The molecule has 158 valence electrons. The van der Waals surface area contributed by atoms with Gasteiger partial charge in [-0.3, -0.25) is 4.79 Å². The molecule has 7 heteroatoms. The van der Waals surface area contributed by atoms with Crippen molar-refractivity contribution in [2.24, 2.45) is 0 Å². The summed E-state index contributed by atoms with van der Waals surface area (Å²) >= 11 is 0. The molecule has 0 aliphatic carbocycles. The normalized spacial score (nSPS) is 15.3. The van der Waals surface area contributed by atoms with Crippen molar-refractivity contribution in [2.75, 3.05) is 23.9 Å². The topological polar surface area (TPSA) is 79.9 Å². The molecule has 4 rings (SSSR count). The minimum atomic E-state index is -0.818. The molecule has 0 aromatic heterocycles. The zero-order chi connectivity index (χ0) is 21.6. The van der Waals surface area contributed by atoms with Crippen molar-refractivity contribution >= 4 is 29.1 Å². The Kier molecular flexibility index (Phi) is 6.03. The fourth-order valence-electron chi connectivity index (χ4n) is 3.43. The minimum Gasteiger partial charge on any atom is -0.497 e. The highest BCUT2D eigenvalue weighted by molar-refractivity contribution is 6.02. The summed E-state index contributed by atoms with van der Waals surface area (Å²) in [5.41, 5.74) is 3.18. The van der Waals surface area contributed by atoms with Gasteiger partial charge < -0.3 is 25.0 Å². The molecule has 3 aromatic rings. The Hall–Kier alpha value is -4.00. The van der Waals surface area contributed by atoms with Crippen LogP contribution in [0.1, 0.15) is 5.56 Å². The van der Waals surface area contributed by atoms with Gasteiger partial charge in [0.25, 0.3) is 0 Å². The molecular formula is C24H23N3O4. The maximum Gasteiger partial charge on any atom is 0.408 e. The standard InChI is InChI=1S/C24H23N3O4/c1-30-19-12-13-22-20(14-19)25-23(28)21(15-27(22)18-10-6-3-7-11-18)26-24(29)31-16-17-8-4-2-5-9-17/h2-14,21H,15-16H2,1H3,(H,25,28)(H,26,29). The number of ether oxygens (including phenoxy) is 2. The van der Waals surface area contributed by atoms with Crippen LogP contribution in [-0.4, -0.2) is 31.7 Å².